The quantitative estimate of drug-likeness (QED) is 0.481. The molecule has 0 radical (unpaired) electrons. The molecule has 1 atom stereocenters. The van der Waals surface area contributed by atoms with Gasteiger partial charge in [-0.15, -0.1) is 0 Å². The van der Waals surface area contributed by atoms with E-state index in [1.165, 1.54) is 0 Å². The Morgan fingerprint density at radius 2 is 2.33 bits per heavy atom. The number of hydrogen-bond acceptors (Lipinski definition) is 1. The van der Waals surface area contributed by atoms with Crippen LogP contribution in [0.2, 0.25) is 0 Å². The summed E-state index contributed by atoms with van der Waals surface area (Å²) in [6, 6.07) is 0. The normalized spacial score (nSPS) is 28.0. The molecule has 0 aromatic rings. The first-order chi connectivity index (χ1) is 4.20. The Hall–Kier alpha value is -0.660. The van der Waals surface area contributed by atoms with Crippen molar-refractivity contribution >= 4 is 11.6 Å². The fourth-order valence-electron chi connectivity index (χ4n) is 0.912. The second-order valence-corrected chi connectivity index (χ2v) is 2.59. The highest BCUT2D eigenvalue weighted by Gasteiger charge is 2.14. The lowest BCUT2D eigenvalue weighted by atomic mass is 9.98. The summed E-state index contributed by atoms with van der Waals surface area (Å²) in [5.41, 5.74) is 0.992. The molecule has 0 saturated heterocycles. The molecule has 0 aromatic heterocycles. The molecule has 0 saturated carbocycles. The van der Waals surface area contributed by atoms with E-state index in [2.05, 4.69) is 11.9 Å². The lowest BCUT2D eigenvalue weighted by Crippen LogP contribution is -2.16. The molecule has 2 nitrogen and oxygen atoms in total. The maximum atomic E-state index is 10.6. The molecule has 0 aromatic carbocycles. The third-order valence-corrected chi connectivity index (χ3v) is 1.81. The second-order valence-electron chi connectivity index (χ2n) is 2.59. The van der Waals surface area contributed by atoms with Crippen molar-refractivity contribution in [2.75, 3.05) is 0 Å². The lowest BCUT2D eigenvalue weighted by molar-refractivity contribution is -0.118. The molecule has 1 aliphatic rings. The molecule has 0 N–H and O–H groups in total. The van der Waals surface area contributed by atoms with Crippen LogP contribution in [0.1, 0.15) is 26.7 Å². The summed E-state index contributed by atoms with van der Waals surface area (Å²) in [6.45, 7) is 4.02. The van der Waals surface area contributed by atoms with Gasteiger partial charge in [0.2, 0.25) is 5.91 Å². The van der Waals surface area contributed by atoms with Gasteiger partial charge in [-0.25, -0.2) is 4.99 Å². The zero-order valence-corrected chi connectivity index (χ0v) is 5.85. The van der Waals surface area contributed by atoms with Crippen molar-refractivity contribution in [2.45, 2.75) is 26.7 Å². The van der Waals surface area contributed by atoms with Crippen LogP contribution in [0, 0.1) is 5.92 Å². The molecule has 9 heavy (non-hydrogen) atoms. The SMILES string of the molecule is CC1=NC(=O)CC[C@H]1C. The summed E-state index contributed by atoms with van der Waals surface area (Å²) >= 11 is 0. The first-order valence-corrected chi connectivity index (χ1v) is 3.28. The van der Waals surface area contributed by atoms with Crippen molar-refractivity contribution in [1.82, 2.24) is 0 Å². The Morgan fingerprint density at radius 1 is 1.67 bits per heavy atom. The molecule has 0 aliphatic carbocycles. The van der Waals surface area contributed by atoms with Crippen LogP contribution in [0.5, 0.6) is 0 Å². The van der Waals surface area contributed by atoms with Gasteiger partial charge < -0.3 is 0 Å². The average molecular weight is 125 g/mol. The van der Waals surface area contributed by atoms with E-state index in [0.29, 0.717) is 12.3 Å². The number of aliphatic imine (C=N–C) groups is 1. The van der Waals surface area contributed by atoms with Crippen LogP contribution in [0.15, 0.2) is 4.99 Å². The summed E-state index contributed by atoms with van der Waals surface area (Å²) in [6.07, 6.45) is 1.62. The molecule has 50 valence electrons. The van der Waals surface area contributed by atoms with Gasteiger partial charge in [0.05, 0.1) is 0 Å². The molecular weight excluding hydrogens is 114 g/mol. The first kappa shape index (κ1) is 6.46. The minimum absolute atomic E-state index is 0.0469. The fraction of sp³-hybridized carbons (Fsp3) is 0.714. The molecule has 0 fully saturated rings. The Kier molecular flexibility index (Phi) is 1.65. The standard InChI is InChI=1S/C7H11NO/c1-5-3-4-7(9)8-6(5)2/h5H,3-4H2,1-2H3/t5-/m1/s1. The highest BCUT2D eigenvalue weighted by atomic mass is 16.1. The Morgan fingerprint density at radius 3 is 2.78 bits per heavy atom. The smallest absolute Gasteiger partial charge is 0.245 e. The number of hydrogen-bond donors (Lipinski definition) is 0. The Balaban J connectivity index is 2.72. The summed E-state index contributed by atoms with van der Waals surface area (Å²) in [5, 5.41) is 0. The van der Waals surface area contributed by atoms with E-state index in [-0.39, 0.29) is 5.91 Å². The van der Waals surface area contributed by atoms with E-state index in [1.807, 2.05) is 6.92 Å². The van der Waals surface area contributed by atoms with Gasteiger partial charge in [-0.1, -0.05) is 6.92 Å². The fourth-order valence-corrected chi connectivity index (χ4v) is 0.912. The van der Waals surface area contributed by atoms with Crippen molar-refractivity contribution in [1.29, 1.82) is 0 Å². The van der Waals surface area contributed by atoms with Gasteiger partial charge in [0.25, 0.3) is 0 Å². The topological polar surface area (TPSA) is 29.4 Å². The predicted molar refractivity (Wildman–Crippen MR) is 36.5 cm³/mol. The van der Waals surface area contributed by atoms with Crippen molar-refractivity contribution in [3.63, 3.8) is 0 Å². The van der Waals surface area contributed by atoms with Crippen LogP contribution < -0.4 is 0 Å². The number of nitrogens with zero attached hydrogens (tertiary/aromatic N) is 1. The van der Waals surface area contributed by atoms with Gasteiger partial charge >= 0.3 is 0 Å². The average Bonchev–Trinajstić information content (AvgIpc) is 1.80. The van der Waals surface area contributed by atoms with Crippen LogP contribution in [-0.2, 0) is 4.79 Å². The molecule has 0 unspecified atom stereocenters. The van der Waals surface area contributed by atoms with Crippen LogP contribution in [0.4, 0.5) is 0 Å². The summed E-state index contributed by atoms with van der Waals surface area (Å²) in [7, 11) is 0. The monoisotopic (exact) mass is 125 g/mol. The second kappa shape index (κ2) is 2.29. The summed E-state index contributed by atoms with van der Waals surface area (Å²) in [5.74, 6) is 0.563. The molecule has 1 aliphatic heterocycles. The molecule has 1 amide bonds. The van der Waals surface area contributed by atoms with Gasteiger partial charge in [-0.2, -0.15) is 0 Å². The van der Waals surface area contributed by atoms with Gasteiger partial charge in [0, 0.05) is 12.1 Å². The molecular formula is C7H11NO. The minimum Gasteiger partial charge on any atom is -0.273 e. The molecule has 2 heteroatoms. The lowest BCUT2D eigenvalue weighted by Gasteiger charge is -2.13. The number of carbonyl (C=O) groups is 1. The van der Waals surface area contributed by atoms with Crippen molar-refractivity contribution in [3.05, 3.63) is 0 Å². The van der Waals surface area contributed by atoms with E-state index in [4.69, 9.17) is 0 Å². The Labute approximate surface area is 55.0 Å². The van der Waals surface area contributed by atoms with Gasteiger partial charge in [0.15, 0.2) is 0 Å². The van der Waals surface area contributed by atoms with Crippen molar-refractivity contribution in [3.8, 4) is 0 Å². The van der Waals surface area contributed by atoms with E-state index in [1.54, 1.807) is 0 Å². The number of amides is 1. The molecule has 0 spiro atoms. The van der Waals surface area contributed by atoms with Crippen LogP contribution in [0.25, 0.3) is 0 Å². The maximum Gasteiger partial charge on any atom is 0.245 e. The van der Waals surface area contributed by atoms with E-state index in [9.17, 15) is 4.79 Å². The van der Waals surface area contributed by atoms with Gasteiger partial charge in [-0.05, 0) is 19.3 Å². The van der Waals surface area contributed by atoms with E-state index >= 15 is 0 Å². The largest absolute Gasteiger partial charge is 0.273 e. The zero-order chi connectivity index (χ0) is 6.85. The van der Waals surface area contributed by atoms with E-state index < -0.39 is 0 Å². The van der Waals surface area contributed by atoms with Crippen molar-refractivity contribution in [2.24, 2.45) is 10.9 Å². The third kappa shape index (κ3) is 1.37. The summed E-state index contributed by atoms with van der Waals surface area (Å²) in [4.78, 5) is 14.5. The molecule has 0 bridgehead atoms. The van der Waals surface area contributed by atoms with Gasteiger partial charge in [0.1, 0.15) is 0 Å². The summed E-state index contributed by atoms with van der Waals surface area (Å²) < 4.78 is 0. The van der Waals surface area contributed by atoms with Gasteiger partial charge in [-0.3, -0.25) is 4.79 Å². The highest BCUT2D eigenvalue weighted by Crippen LogP contribution is 2.13. The maximum absolute atomic E-state index is 10.6. The highest BCUT2D eigenvalue weighted by molar-refractivity contribution is 5.97. The number of rotatable bonds is 0. The van der Waals surface area contributed by atoms with Crippen LogP contribution in [0.3, 0.4) is 0 Å². The molecule has 1 rings (SSSR count). The van der Waals surface area contributed by atoms with Crippen LogP contribution in [-0.4, -0.2) is 11.6 Å². The van der Waals surface area contributed by atoms with Crippen LogP contribution >= 0.6 is 0 Å². The molecule has 1 heterocycles. The minimum atomic E-state index is 0.0469. The first-order valence-electron chi connectivity index (χ1n) is 3.28. The van der Waals surface area contributed by atoms with Crippen molar-refractivity contribution < 1.29 is 4.79 Å². The Bertz CT molecular complexity index is 160. The predicted octanol–water partition coefficient (Wildman–Crippen LogP) is 1.40. The van der Waals surface area contributed by atoms with E-state index in [0.717, 1.165) is 12.1 Å². The number of carbonyl (C=O) groups excluding carboxylic acids is 1. The third-order valence-electron chi connectivity index (χ3n) is 1.81. The zero-order valence-electron chi connectivity index (χ0n) is 5.85.